The number of carboxylic acids is 1. The molecule has 1 fully saturated rings. The fraction of sp³-hybridized carbons (Fsp3) is 0.562. The van der Waals surface area contributed by atoms with Crippen LogP contribution in [-0.4, -0.2) is 31.9 Å². The molecule has 0 heterocycles. The summed E-state index contributed by atoms with van der Waals surface area (Å²) in [6, 6.07) is 3.64. The lowest BCUT2D eigenvalue weighted by atomic mass is 9.90. The maximum Gasteiger partial charge on any atom is 0.303 e. The molecule has 0 amide bonds. The summed E-state index contributed by atoms with van der Waals surface area (Å²) in [5.41, 5.74) is 0.895. The molecule has 0 saturated heterocycles. The van der Waals surface area contributed by atoms with Crippen molar-refractivity contribution in [3.8, 4) is 17.2 Å². The Kier molecular flexibility index (Phi) is 4.94. The lowest BCUT2D eigenvalue weighted by Crippen LogP contribution is -2.10. The van der Waals surface area contributed by atoms with Crippen molar-refractivity contribution >= 4 is 5.97 Å². The molecular formula is C16H22O5. The molecule has 116 valence electrons. The van der Waals surface area contributed by atoms with Crippen LogP contribution in [0.4, 0.5) is 0 Å². The van der Waals surface area contributed by atoms with E-state index in [0.717, 1.165) is 18.4 Å². The van der Waals surface area contributed by atoms with Crippen LogP contribution in [0.15, 0.2) is 12.1 Å². The van der Waals surface area contributed by atoms with Gasteiger partial charge in [0.25, 0.3) is 0 Å². The Hall–Kier alpha value is -1.91. The van der Waals surface area contributed by atoms with E-state index in [1.165, 1.54) is 0 Å². The molecule has 5 nitrogen and oxygen atoms in total. The maximum atomic E-state index is 11.2. The molecule has 0 aliphatic heterocycles. The number of hydrogen-bond acceptors (Lipinski definition) is 4. The number of ether oxygens (including phenoxy) is 3. The first-order valence-corrected chi connectivity index (χ1v) is 7.21. The first-order chi connectivity index (χ1) is 10.1. The van der Waals surface area contributed by atoms with Crippen LogP contribution in [0.2, 0.25) is 0 Å². The standard InChI is InChI=1S/C16H22O5/c1-4-21-15-7-12(13(19-2)9-14(15)20-3)11(8-16(17)18)10-5-6-10/h7,9-11H,4-6,8H2,1-3H3,(H,17,18). The highest BCUT2D eigenvalue weighted by Gasteiger charge is 2.36. The van der Waals surface area contributed by atoms with Gasteiger partial charge in [-0.2, -0.15) is 0 Å². The van der Waals surface area contributed by atoms with Crippen molar-refractivity contribution in [2.45, 2.75) is 32.1 Å². The van der Waals surface area contributed by atoms with Gasteiger partial charge in [0.1, 0.15) is 5.75 Å². The summed E-state index contributed by atoms with van der Waals surface area (Å²) in [6.45, 7) is 2.42. The molecule has 0 radical (unpaired) electrons. The summed E-state index contributed by atoms with van der Waals surface area (Å²) in [7, 11) is 3.16. The van der Waals surface area contributed by atoms with E-state index in [1.54, 1.807) is 20.3 Å². The van der Waals surface area contributed by atoms with Gasteiger partial charge < -0.3 is 19.3 Å². The summed E-state index contributed by atoms with van der Waals surface area (Å²) < 4.78 is 16.3. The minimum Gasteiger partial charge on any atom is -0.496 e. The lowest BCUT2D eigenvalue weighted by Gasteiger charge is -2.20. The quantitative estimate of drug-likeness (QED) is 0.798. The molecule has 0 spiro atoms. The van der Waals surface area contributed by atoms with Gasteiger partial charge in [0, 0.05) is 17.5 Å². The molecule has 1 saturated carbocycles. The molecular weight excluding hydrogens is 272 g/mol. The van der Waals surface area contributed by atoms with E-state index in [2.05, 4.69) is 0 Å². The first-order valence-electron chi connectivity index (χ1n) is 7.21. The number of rotatable bonds is 8. The van der Waals surface area contributed by atoms with Crippen LogP contribution >= 0.6 is 0 Å². The molecule has 2 rings (SSSR count). The smallest absolute Gasteiger partial charge is 0.303 e. The normalized spacial score (nSPS) is 15.4. The molecule has 5 heteroatoms. The highest BCUT2D eigenvalue weighted by molar-refractivity contribution is 5.69. The maximum absolute atomic E-state index is 11.2. The van der Waals surface area contributed by atoms with Crippen LogP contribution in [0.5, 0.6) is 17.2 Å². The Bertz CT molecular complexity index is 508. The van der Waals surface area contributed by atoms with Crippen LogP contribution in [0, 0.1) is 5.92 Å². The van der Waals surface area contributed by atoms with Crippen molar-refractivity contribution in [1.29, 1.82) is 0 Å². The van der Waals surface area contributed by atoms with Crippen LogP contribution in [0.1, 0.15) is 37.7 Å². The van der Waals surface area contributed by atoms with E-state index < -0.39 is 5.97 Å². The monoisotopic (exact) mass is 294 g/mol. The molecule has 1 N–H and O–H groups in total. The Balaban J connectivity index is 2.43. The number of methoxy groups -OCH3 is 2. The van der Waals surface area contributed by atoms with E-state index in [0.29, 0.717) is 29.8 Å². The average Bonchev–Trinajstić information content (AvgIpc) is 3.29. The van der Waals surface area contributed by atoms with Crippen molar-refractivity contribution < 1.29 is 24.1 Å². The number of carbonyl (C=O) groups is 1. The van der Waals surface area contributed by atoms with Crippen molar-refractivity contribution in [2.75, 3.05) is 20.8 Å². The predicted octanol–water partition coefficient (Wildman–Crippen LogP) is 3.07. The van der Waals surface area contributed by atoms with Gasteiger partial charge in [-0.05, 0) is 31.7 Å². The topological polar surface area (TPSA) is 65.0 Å². The minimum absolute atomic E-state index is 0.0393. The van der Waals surface area contributed by atoms with Crippen molar-refractivity contribution in [3.05, 3.63) is 17.7 Å². The largest absolute Gasteiger partial charge is 0.496 e. The van der Waals surface area contributed by atoms with Crippen LogP contribution in [0.25, 0.3) is 0 Å². The highest BCUT2D eigenvalue weighted by Crippen LogP contribution is 2.49. The Morgan fingerprint density at radius 3 is 2.38 bits per heavy atom. The third-order valence-electron chi connectivity index (χ3n) is 3.80. The fourth-order valence-corrected chi connectivity index (χ4v) is 2.67. The van der Waals surface area contributed by atoms with Crippen LogP contribution in [-0.2, 0) is 4.79 Å². The van der Waals surface area contributed by atoms with Crippen molar-refractivity contribution in [1.82, 2.24) is 0 Å². The van der Waals surface area contributed by atoms with E-state index in [1.807, 2.05) is 13.0 Å². The second kappa shape index (κ2) is 6.70. The summed E-state index contributed by atoms with van der Waals surface area (Å²) in [6.07, 6.45) is 2.24. The molecule has 1 atom stereocenters. The molecule has 1 aliphatic carbocycles. The van der Waals surface area contributed by atoms with E-state index in [9.17, 15) is 4.79 Å². The van der Waals surface area contributed by atoms with Gasteiger partial charge in [-0.3, -0.25) is 4.79 Å². The summed E-state index contributed by atoms with van der Waals surface area (Å²) in [4.78, 5) is 11.2. The number of benzene rings is 1. The van der Waals surface area contributed by atoms with Crippen molar-refractivity contribution in [2.24, 2.45) is 5.92 Å². The van der Waals surface area contributed by atoms with Gasteiger partial charge in [-0.25, -0.2) is 0 Å². The Morgan fingerprint density at radius 1 is 1.24 bits per heavy atom. The van der Waals surface area contributed by atoms with Crippen molar-refractivity contribution in [3.63, 3.8) is 0 Å². The Labute approximate surface area is 124 Å². The van der Waals surface area contributed by atoms with Crippen LogP contribution in [0.3, 0.4) is 0 Å². The van der Waals surface area contributed by atoms with Crippen LogP contribution < -0.4 is 14.2 Å². The van der Waals surface area contributed by atoms with E-state index >= 15 is 0 Å². The molecule has 1 aromatic carbocycles. The second-order valence-corrected chi connectivity index (χ2v) is 5.22. The average molecular weight is 294 g/mol. The zero-order chi connectivity index (χ0) is 15.4. The van der Waals surface area contributed by atoms with Gasteiger partial charge in [0.05, 0.1) is 27.2 Å². The summed E-state index contributed by atoms with van der Waals surface area (Å²) >= 11 is 0. The number of aliphatic carboxylic acids is 1. The molecule has 1 unspecified atom stereocenters. The highest BCUT2D eigenvalue weighted by atomic mass is 16.5. The molecule has 0 bridgehead atoms. The SMILES string of the molecule is CCOc1cc(C(CC(=O)O)C2CC2)c(OC)cc1OC. The zero-order valence-corrected chi connectivity index (χ0v) is 12.7. The molecule has 1 aliphatic rings. The predicted molar refractivity (Wildman–Crippen MR) is 78.4 cm³/mol. The number of carboxylic acid groups (broad SMARTS) is 1. The van der Waals surface area contributed by atoms with E-state index in [4.69, 9.17) is 19.3 Å². The summed E-state index contributed by atoms with van der Waals surface area (Å²) in [5, 5.41) is 9.16. The van der Waals surface area contributed by atoms with Gasteiger partial charge in [0.2, 0.25) is 0 Å². The Morgan fingerprint density at radius 2 is 1.90 bits per heavy atom. The number of hydrogen-bond donors (Lipinski definition) is 1. The van der Waals surface area contributed by atoms with Gasteiger partial charge in [-0.15, -0.1) is 0 Å². The van der Waals surface area contributed by atoms with Gasteiger partial charge in [0.15, 0.2) is 11.5 Å². The first kappa shape index (κ1) is 15.5. The third kappa shape index (κ3) is 3.60. The van der Waals surface area contributed by atoms with Gasteiger partial charge in [-0.1, -0.05) is 0 Å². The second-order valence-electron chi connectivity index (χ2n) is 5.22. The van der Waals surface area contributed by atoms with Gasteiger partial charge >= 0.3 is 5.97 Å². The summed E-state index contributed by atoms with van der Waals surface area (Å²) in [5.74, 6) is 1.48. The minimum atomic E-state index is -0.789. The molecule has 0 aromatic heterocycles. The lowest BCUT2D eigenvalue weighted by molar-refractivity contribution is -0.137. The molecule has 1 aromatic rings. The molecule has 21 heavy (non-hydrogen) atoms. The zero-order valence-electron chi connectivity index (χ0n) is 12.7. The third-order valence-corrected chi connectivity index (χ3v) is 3.80. The fourth-order valence-electron chi connectivity index (χ4n) is 2.67. The van der Waals surface area contributed by atoms with E-state index in [-0.39, 0.29) is 12.3 Å².